The fraction of sp³-hybridized carbons (Fsp3) is 0.250. The molecule has 0 saturated carbocycles. The lowest BCUT2D eigenvalue weighted by atomic mass is 10.1. The van der Waals surface area contributed by atoms with E-state index in [4.69, 9.17) is 11.6 Å². The highest BCUT2D eigenvalue weighted by Gasteiger charge is 2.43. The summed E-state index contributed by atoms with van der Waals surface area (Å²) in [5.41, 5.74) is 1.05. The molecular formula is C24H20ClF2N5O6S. The fourth-order valence-electron chi connectivity index (χ4n) is 4.20. The molecule has 0 aliphatic carbocycles. The van der Waals surface area contributed by atoms with Gasteiger partial charge in [0, 0.05) is 35.1 Å². The number of likely N-dealkylation sites (N-methyl/N-ethyl adjacent to an activating group) is 1. The predicted octanol–water partition coefficient (Wildman–Crippen LogP) is 3.36. The fourth-order valence-corrected chi connectivity index (χ4v) is 5.34. The van der Waals surface area contributed by atoms with Gasteiger partial charge in [-0.05, 0) is 30.7 Å². The first-order valence-corrected chi connectivity index (χ1v) is 13.9. The topological polar surface area (TPSA) is 136 Å². The number of rotatable bonds is 7. The number of amides is 1. The highest BCUT2D eigenvalue weighted by molar-refractivity contribution is 7.89. The van der Waals surface area contributed by atoms with Gasteiger partial charge in [0.15, 0.2) is 21.3 Å². The Hall–Kier alpha value is -4.04. The van der Waals surface area contributed by atoms with Crippen LogP contribution in [0.15, 0.2) is 47.5 Å². The summed E-state index contributed by atoms with van der Waals surface area (Å²) in [5, 5.41) is 4.55. The van der Waals surface area contributed by atoms with E-state index < -0.39 is 34.1 Å². The molecule has 204 valence electrons. The van der Waals surface area contributed by atoms with E-state index in [1.165, 1.54) is 35.5 Å². The van der Waals surface area contributed by atoms with Crippen LogP contribution >= 0.6 is 11.6 Å². The molecule has 2 aromatic heterocycles. The second kappa shape index (κ2) is 9.61. The number of sulfone groups is 1. The van der Waals surface area contributed by atoms with Crippen molar-refractivity contribution >= 4 is 44.1 Å². The average molecular weight is 580 g/mol. The maximum atomic E-state index is 13.4. The van der Waals surface area contributed by atoms with Crippen LogP contribution in [0.3, 0.4) is 0 Å². The number of hydrogen-bond donors (Lipinski definition) is 1. The van der Waals surface area contributed by atoms with Crippen molar-refractivity contribution in [2.45, 2.75) is 25.5 Å². The van der Waals surface area contributed by atoms with Gasteiger partial charge >= 0.3 is 6.29 Å². The first-order valence-electron chi connectivity index (χ1n) is 11.5. The number of H-pyrrole nitrogens is 1. The number of fused-ring (bicyclic) bond motifs is 2. The van der Waals surface area contributed by atoms with Gasteiger partial charge in [-0.2, -0.15) is 5.10 Å². The van der Waals surface area contributed by atoms with Gasteiger partial charge in [-0.3, -0.25) is 9.59 Å². The van der Waals surface area contributed by atoms with Crippen LogP contribution < -0.4 is 19.9 Å². The molecule has 1 aliphatic heterocycles. The minimum atomic E-state index is -3.80. The summed E-state index contributed by atoms with van der Waals surface area (Å²) in [6, 6.07) is 8.58. The first kappa shape index (κ1) is 26.6. The third kappa shape index (κ3) is 5.29. The van der Waals surface area contributed by atoms with Gasteiger partial charge in [0.05, 0.1) is 12.1 Å². The lowest BCUT2D eigenvalue weighted by molar-refractivity contribution is -0.286. The minimum Gasteiger partial charge on any atom is -0.395 e. The maximum Gasteiger partial charge on any atom is 0.586 e. The van der Waals surface area contributed by atoms with Crippen LogP contribution in [0.2, 0.25) is 5.02 Å². The van der Waals surface area contributed by atoms with E-state index >= 15 is 0 Å². The molecule has 0 saturated heterocycles. The zero-order valence-corrected chi connectivity index (χ0v) is 22.0. The molecule has 1 N–H and O–H groups in total. The third-order valence-corrected chi connectivity index (χ3v) is 7.06. The van der Waals surface area contributed by atoms with E-state index in [1.54, 1.807) is 19.1 Å². The number of aromatic amines is 1. The molecule has 0 bridgehead atoms. The van der Waals surface area contributed by atoms with E-state index in [9.17, 15) is 26.8 Å². The van der Waals surface area contributed by atoms with Crippen molar-refractivity contribution in [2.75, 3.05) is 17.7 Å². The van der Waals surface area contributed by atoms with Gasteiger partial charge in [0.2, 0.25) is 5.91 Å². The molecule has 0 radical (unpaired) electrons. The Morgan fingerprint density at radius 3 is 2.62 bits per heavy atom. The molecule has 15 heteroatoms. The summed E-state index contributed by atoms with van der Waals surface area (Å²) in [6.45, 7) is 1.34. The number of halogens is 3. The highest BCUT2D eigenvalue weighted by atomic mass is 35.5. The van der Waals surface area contributed by atoms with Crippen LogP contribution in [0.4, 0.5) is 14.5 Å². The minimum absolute atomic E-state index is 0.0949. The monoisotopic (exact) mass is 579 g/mol. The molecule has 1 amide bonds. The number of nitrogens with zero attached hydrogens (tertiary/aromatic N) is 4. The Balaban J connectivity index is 1.49. The number of aromatic nitrogens is 4. The van der Waals surface area contributed by atoms with Crippen molar-refractivity contribution in [3.63, 3.8) is 0 Å². The number of anilines is 1. The SMILES string of the molecule is CCN(C(=O)Cn1nc(-c2ccc(CS(C)(=O)=O)c(Cl)c2)c2nc[nH]c2c1=O)c1ccc2c(c1)OC(F)(F)O2. The van der Waals surface area contributed by atoms with Crippen molar-refractivity contribution in [1.29, 1.82) is 0 Å². The molecule has 11 nitrogen and oxygen atoms in total. The number of hydrogen-bond acceptors (Lipinski definition) is 8. The van der Waals surface area contributed by atoms with Crippen molar-refractivity contribution in [3.05, 3.63) is 63.7 Å². The van der Waals surface area contributed by atoms with Crippen LogP contribution in [-0.4, -0.2) is 53.2 Å². The molecule has 2 aromatic carbocycles. The number of carbonyl (C=O) groups is 1. The second-order valence-electron chi connectivity index (χ2n) is 8.75. The predicted molar refractivity (Wildman–Crippen MR) is 138 cm³/mol. The van der Waals surface area contributed by atoms with E-state index in [-0.39, 0.29) is 51.2 Å². The zero-order valence-electron chi connectivity index (χ0n) is 20.4. The number of benzene rings is 2. The van der Waals surface area contributed by atoms with Gasteiger partial charge in [-0.1, -0.05) is 23.7 Å². The third-order valence-electron chi connectivity index (χ3n) is 5.88. The van der Waals surface area contributed by atoms with E-state index in [2.05, 4.69) is 24.5 Å². The van der Waals surface area contributed by atoms with Gasteiger partial charge in [0.1, 0.15) is 23.3 Å². The molecule has 0 fully saturated rings. The molecule has 0 spiro atoms. The van der Waals surface area contributed by atoms with Crippen LogP contribution in [0.1, 0.15) is 12.5 Å². The highest BCUT2D eigenvalue weighted by Crippen LogP contribution is 2.42. The Labute approximate surface area is 224 Å². The van der Waals surface area contributed by atoms with E-state index in [0.29, 0.717) is 11.1 Å². The molecule has 3 heterocycles. The standard InChI is InChI=1S/C24H20ClF2N5O6S/c1-3-31(15-6-7-17-18(9-15)38-24(26,27)37-17)19(33)10-32-23(34)22-21(28-12-29-22)20(30-32)13-4-5-14(16(25)8-13)11-39(2,35)36/h4-9,12H,3,10-11H2,1-2H3,(H,28,29). The molecule has 1 aliphatic rings. The molecule has 39 heavy (non-hydrogen) atoms. The van der Waals surface area contributed by atoms with Crippen molar-refractivity contribution in [1.82, 2.24) is 19.7 Å². The van der Waals surface area contributed by atoms with Crippen LogP contribution in [-0.2, 0) is 26.9 Å². The Morgan fingerprint density at radius 1 is 1.18 bits per heavy atom. The summed E-state index contributed by atoms with van der Waals surface area (Å²) < 4.78 is 60.1. The van der Waals surface area contributed by atoms with Crippen molar-refractivity contribution < 1.29 is 31.5 Å². The zero-order chi connectivity index (χ0) is 28.1. The Bertz CT molecular complexity index is 1790. The maximum absolute atomic E-state index is 13.4. The van der Waals surface area contributed by atoms with Gasteiger partial charge in [-0.25, -0.2) is 18.1 Å². The van der Waals surface area contributed by atoms with Crippen LogP contribution in [0.25, 0.3) is 22.3 Å². The van der Waals surface area contributed by atoms with Crippen molar-refractivity contribution in [3.8, 4) is 22.8 Å². The number of imidazole rings is 1. The van der Waals surface area contributed by atoms with Gasteiger partial charge in [-0.15, -0.1) is 8.78 Å². The van der Waals surface area contributed by atoms with E-state index in [0.717, 1.165) is 10.9 Å². The van der Waals surface area contributed by atoms with Crippen LogP contribution in [0.5, 0.6) is 11.5 Å². The number of ether oxygens (including phenoxy) is 2. The van der Waals surface area contributed by atoms with E-state index in [1.807, 2.05) is 0 Å². The number of carbonyl (C=O) groups excluding carboxylic acids is 1. The molecule has 5 rings (SSSR count). The normalized spacial score (nSPS) is 14.1. The second-order valence-corrected chi connectivity index (χ2v) is 11.3. The Kier molecular flexibility index (Phi) is 6.55. The molecule has 0 unspecified atom stereocenters. The average Bonchev–Trinajstić information content (AvgIpc) is 3.45. The lowest BCUT2D eigenvalue weighted by Crippen LogP contribution is -2.37. The lowest BCUT2D eigenvalue weighted by Gasteiger charge is -2.21. The summed E-state index contributed by atoms with van der Waals surface area (Å²) >= 11 is 6.34. The molecule has 0 atom stereocenters. The summed E-state index contributed by atoms with van der Waals surface area (Å²) in [7, 11) is -3.33. The van der Waals surface area contributed by atoms with Crippen molar-refractivity contribution in [2.24, 2.45) is 0 Å². The summed E-state index contributed by atoms with van der Waals surface area (Å²) in [6.07, 6.45) is -1.40. The van der Waals surface area contributed by atoms with Crippen LogP contribution in [0, 0.1) is 0 Å². The molecule has 4 aromatic rings. The molecular weight excluding hydrogens is 560 g/mol. The summed E-state index contributed by atoms with van der Waals surface area (Å²) in [5.74, 6) is -1.20. The van der Waals surface area contributed by atoms with Gasteiger partial charge in [0.25, 0.3) is 5.56 Å². The van der Waals surface area contributed by atoms with Gasteiger partial charge < -0.3 is 19.4 Å². The smallest absolute Gasteiger partial charge is 0.395 e. The quantitative estimate of drug-likeness (QED) is 0.352. The Morgan fingerprint density at radius 2 is 1.92 bits per heavy atom. The summed E-state index contributed by atoms with van der Waals surface area (Å²) in [4.78, 5) is 34.6. The number of nitrogens with one attached hydrogen (secondary N) is 1. The first-order chi connectivity index (χ1) is 18.3. The largest absolute Gasteiger partial charge is 0.586 e. The number of alkyl halides is 2.